The largest absolute Gasteiger partial charge is 0.504 e. The van der Waals surface area contributed by atoms with E-state index in [1.807, 2.05) is 30.3 Å². The average Bonchev–Trinajstić information content (AvgIpc) is 2.57. The van der Waals surface area contributed by atoms with Gasteiger partial charge in [-0.25, -0.2) is 0 Å². The quantitative estimate of drug-likeness (QED) is 0.330. The van der Waals surface area contributed by atoms with Crippen LogP contribution in [0.1, 0.15) is 5.56 Å². The highest BCUT2D eigenvalue weighted by Crippen LogP contribution is 2.33. The maximum atomic E-state index is 10.9. The highest BCUT2D eigenvalue weighted by Gasteiger charge is 2.15. The topological polar surface area (TPSA) is 109 Å². The number of nitro groups is 1. The van der Waals surface area contributed by atoms with Crippen molar-refractivity contribution in [2.75, 3.05) is 12.4 Å². The number of aromatic hydroxyl groups is 1. The van der Waals surface area contributed by atoms with Crippen molar-refractivity contribution in [1.82, 2.24) is 5.43 Å². The molecule has 0 heterocycles. The van der Waals surface area contributed by atoms with Crippen molar-refractivity contribution in [3.05, 3.63) is 58.1 Å². The summed E-state index contributed by atoms with van der Waals surface area (Å²) in [5.74, 6) is -0.272. The standard InChI is InChI=1S/C15H14N4O4S/c1-23-13-8-12(19(21)22)7-10(14(13)20)9-16-18-15(24)17-11-5-3-2-4-6-11/h2-9,20H,1H3,(H2,17,18,24)/b16-9-. The van der Waals surface area contributed by atoms with Crippen LogP contribution < -0.4 is 15.5 Å². The summed E-state index contributed by atoms with van der Waals surface area (Å²) in [7, 11) is 1.30. The number of non-ortho nitro benzene ring substituents is 1. The van der Waals surface area contributed by atoms with Gasteiger partial charge in [0.25, 0.3) is 5.69 Å². The van der Waals surface area contributed by atoms with Crippen LogP contribution in [0.2, 0.25) is 0 Å². The molecule has 9 heteroatoms. The van der Waals surface area contributed by atoms with E-state index in [1.165, 1.54) is 19.4 Å². The lowest BCUT2D eigenvalue weighted by Gasteiger charge is -2.07. The first-order valence-electron chi connectivity index (χ1n) is 6.71. The van der Waals surface area contributed by atoms with Crippen molar-refractivity contribution in [3.8, 4) is 11.5 Å². The zero-order chi connectivity index (χ0) is 17.5. The number of ether oxygens (including phenoxy) is 1. The lowest BCUT2D eigenvalue weighted by atomic mass is 10.2. The maximum absolute atomic E-state index is 10.9. The molecule has 0 radical (unpaired) electrons. The summed E-state index contributed by atoms with van der Waals surface area (Å²) < 4.78 is 4.91. The number of thiocarbonyl (C=S) groups is 1. The zero-order valence-corrected chi connectivity index (χ0v) is 13.4. The fraction of sp³-hybridized carbons (Fsp3) is 0.0667. The number of benzene rings is 2. The molecular formula is C15H14N4O4S. The molecule has 0 fully saturated rings. The zero-order valence-electron chi connectivity index (χ0n) is 12.6. The van der Waals surface area contributed by atoms with Crippen LogP contribution >= 0.6 is 12.2 Å². The number of anilines is 1. The highest BCUT2D eigenvalue weighted by atomic mass is 32.1. The molecule has 0 unspecified atom stereocenters. The summed E-state index contributed by atoms with van der Waals surface area (Å²) in [6.07, 6.45) is 1.21. The van der Waals surface area contributed by atoms with Crippen LogP contribution in [0.5, 0.6) is 11.5 Å². The minimum absolute atomic E-state index is 0.0179. The monoisotopic (exact) mass is 346 g/mol. The van der Waals surface area contributed by atoms with Gasteiger partial charge in [-0.3, -0.25) is 15.5 Å². The fourth-order valence-electron chi connectivity index (χ4n) is 1.81. The summed E-state index contributed by atoms with van der Waals surface area (Å²) in [6.45, 7) is 0. The molecule has 0 atom stereocenters. The lowest BCUT2D eigenvalue weighted by Crippen LogP contribution is -2.23. The number of para-hydroxylation sites is 1. The number of nitrogens with zero attached hydrogens (tertiary/aromatic N) is 2. The van der Waals surface area contributed by atoms with Gasteiger partial charge in [-0.05, 0) is 24.4 Å². The number of methoxy groups -OCH3 is 1. The summed E-state index contributed by atoms with van der Waals surface area (Å²) in [5.41, 5.74) is 3.24. The van der Waals surface area contributed by atoms with Gasteiger partial charge in [0.2, 0.25) is 0 Å². The molecule has 0 spiro atoms. The lowest BCUT2D eigenvalue weighted by molar-refractivity contribution is -0.385. The van der Waals surface area contributed by atoms with Crippen molar-refractivity contribution >= 4 is 34.9 Å². The average molecular weight is 346 g/mol. The van der Waals surface area contributed by atoms with E-state index in [0.717, 1.165) is 11.8 Å². The first-order chi connectivity index (χ1) is 11.5. The molecule has 2 aromatic carbocycles. The number of nitro benzene ring substituents is 1. The smallest absolute Gasteiger partial charge is 0.274 e. The molecule has 0 aliphatic rings. The van der Waals surface area contributed by atoms with Crippen LogP contribution in [0.4, 0.5) is 11.4 Å². The second kappa shape index (κ2) is 7.88. The second-order valence-electron chi connectivity index (χ2n) is 4.53. The van der Waals surface area contributed by atoms with Crippen LogP contribution in [0.15, 0.2) is 47.6 Å². The Balaban J connectivity index is 2.09. The summed E-state index contributed by atoms with van der Waals surface area (Å²) >= 11 is 5.07. The van der Waals surface area contributed by atoms with Gasteiger partial charge >= 0.3 is 0 Å². The number of hydrazone groups is 1. The molecule has 0 aromatic heterocycles. The molecule has 0 aliphatic carbocycles. The minimum atomic E-state index is -0.589. The Bertz CT molecular complexity index is 781. The second-order valence-corrected chi connectivity index (χ2v) is 4.94. The Labute approximate surface area is 142 Å². The van der Waals surface area contributed by atoms with Gasteiger partial charge < -0.3 is 15.2 Å². The molecule has 3 N–H and O–H groups in total. The highest BCUT2D eigenvalue weighted by molar-refractivity contribution is 7.80. The van der Waals surface area contributed by atoms with Crippen molar-refractivity contribution in [2.45, 2.75) is 0 Å². The summed E-state index contributed by atoms with van der Waals surface area (Å²) in [6, 6.07) is 11.5. The van der Waals surface area contributed by atoms with Gasteiger partial charge in [-0.15, -0.1) is 0 Å². The first-order valence-corrected chi connectivity index (χ1v) is 7.12. The molecule has 0 aliphatic heterocycles. The van der Waals surface area contributed by atoms with Crippen LogP contribution in [0.25, 0.3) is 0 Å². The predicted octanol–water partition coefficient (Wildman–Crippen LogP) is 2.63. The van der Waals surface area contributed by atoms with Crippen molar-refractivity contribution in [3.63, 3.8) is 0 Å². The molecule has 24 heavy (non-hydrogen) atoms. The van der Waals surface area contributed by atoms with E-state index >= 15 is 0 Å². The van der Waals surface area contributed by atoms with Gasteiger partial charge in [-0.2, -0.15) is 5.10 Å². The SMILES string of the molecule is COc1cc([N+](=O)[O-])cc(/C=N\NC(=S)Nc2ccccc2)c1O. The van der Waals surface area contributed by atoms with Crippen LogP contribution in [0.3, 0.4) is 0 Å². The van der Waals surface area contributed by atoms with Crippen molar-refractivity contribution in [2.24, 2.45) is 5.10 Å². The molecular weight excluding hydrogens is 332 g/mol. The number of hydrogen-bond donors (Lipinski definition) is 3. The van der Waals surface area contributed by atoms with Crippen molar-refractivity contribution in [1.29, 1.82) is 0 Å². The Morgan fingerprint density at radius 3 is 2.71 bits per heavy atom. The fourth-order valence-corrected chi connectivity index (χ4v) is 1.99. The number of rotatable bonds is 5. The third-order valence-corrected chi connectivity index (χ3v) is 3.11. The van der Waals surface area contributed by atoms with Gasteiger partial charge in [0.15, 0.2) is 16.6 Å². The summed E-state index contributed by atoms with van der Waals surface area (Å²) in [4.78, 5) is 10.3. The Morgan fingerprint density at radius 2 is 2.08 bits per heavy atom. The number of phenolic OH excluding ortho intramolecular Hbond substituents is 1. The van der Waals surface area contributed by atoms with E-state index in [-0.39, 0.29) is 27.9 Å². The van der Waals surface area contributed by atoms with E-state index in [1.54, 1.807) is 0 Å². The molecule has 0 bridgehead atoms. The Morgan fingerprint density at radius 1 is 1.38 bits per heavy atom. The minimum Gasteiger partial charge on any atom is -0.504 e. The molecule has 124 valence electrons. The number of nitrogens with one attached hydrogen (secondary N) is 2. The van der Waals surface area contributed by atoms with Crippen molar-refractivity contribution < 1.29 is 14.8 Å². The van der Waals surface area contributed by atoms with Crippen LogP contribution in [-0.2, 0) is 0 Å². The first kappa shape index (κ1) is 17.2. The van der Waals surface area contributed by atoms with Gasteiger partial charge in [0.05, 0.1) is 24.3 Å². The van der Waals surface area contributed by atoms with Crippen LogP contribution in [-0.4, -0.2) is 28.5 Å². The van der Waals surface area contributed by atoms with E-state index < -0.39 is 4.92 Å². The Hall–Kier alpha value is -3.20. The van der Waals surface area contributed by atoms with Crippen LogP contribution in [0, 0.1) is 10.1 Å². The van der Waals surface area contributed by atoms with Gasteiger partial charge in [0, 0.05) is 17.3 Å². The predicted molar refractivity (Wildman–Crippen MR) is 94.7 cm³/mol. The molecule has 0 saturated carbocycles. The molecule has 8 nitrogen and oxygen atoms in total. The molecule has 2 aromatic rings. The van der Waals surface area contributed by atoms with E-state index in [0.29, 0.717) is 0 Å². The summed E-state index contributed by atoms with van der Waals surface area (Å²) in [5, 5.41) is 27.9. The third-order valence-electron chi connectivity index (χ3n) is 2.92. The van der Waals surface area contributed by atoms with Gasteiger partial charge in [-0.1, -0.05) is 18.2 Å². The number of hydrogen-bond acceptors (Lipinski definition) is 6. The maximum Gasteiger partial charge on any atom is 0.274 e. The molecule has 0 saturated heterocycles. The van der Waals surface area contributed by atoms with E-state index in [9.17, 15) is 15.2 Å². The van der Waals surface area contributed by atoms with Gasteiger partial charge in [0.1, 0.15) is 0 Å². The van der Waals surface area contributed by atoms with E-state index in [2.05, 4.69) is 15.8 Å². The number of phenols is 1. The normalized spacial score (nSPS) is 10.4. The van der Waals surface area contributed by atoms with E-state index in [4.69, 9.17) is 17.0 Å². The third kappa shape index (κ3) is 4.40. The molecule has 2 rings (SSSR count). The molecule has 0 amide bonds. The Kier molecular flexibility index (Phi) is 5.63.